The normalized spacial score (nSPS) is 9.57. The molecule has 0 heterocycles. The number of ether oxygens (including phenoxy) is 2. The number of nitrogens with zero attached hydrogens (tertiary/aromatic N) is 2. The third-order valence-corrected chi connectivity index (χ3v) is 3.85. The van der Waals surface area contributed by atoms with E-state index in [0.29, 0.717) is 0 Å². The van der Waals surface area contributed by atoms with Crippen LogP contribution >= 0.6 is 24.2 Å². The highest BCUT2D eigenvalue weighted by molar-refractivity contribution is 7.80. The van der Waals surface area contributed by atoms with Gasteiger partial charge in [0.25, 0.3) is 11.4 Å². The molecular weight excluding hydrogens is 416 g/mol. The summed E-state index contributed by atoms with van der Waals surface area (Å²) in [7, 11) is 2.41. The van der Waals surface area contributed by atoms with Crippen molar-refractivity contribution < 1.29 is 28.9 Å². The Labute approximate surface area is 168 Å². The molecule has 2 aromatic carbocycles. The van der Waals surface area contributed by atoms with Gasteiger partial charge in [0.1, 0.15) is 5.02 Å². The van der Waals surface area contributed by atoms with Gasteiger partial charge < -0.3 is 9.47 Å². The van der Waals surface area contributed by atoms with Crippen molar-refractivity contribution in [1.29, 1.82) is 0 Å². The minimum atomic E-state index is -0.658. The third-order valence-electron chi connectivity index (χ3n) is 3.16. The van der Waals surface area contributed by atoms with E-state index in [1.807, 2.05) is 0 Å². The lowest BCUT2D eigenvalue weighted by Gasteiger charge is -2.00. The number of esters is 2. The fourth-order valence-electron chi connectivity index (χ4n) is 1.81. The van der Waals surface area contributed by atoms with Gasteiger partial charge in [-0.1, -0.05) is 11.6 Å². The fourth-order valence-corrected chi connectivity index (χ4v) is 2.22. The van der Waals surface area contributed by atoms with Crippen molar-refractivity contribution in [2.45, 2.75) is 4.90 Å². The Morgan fingerprint density at radius 3 is 1.75 bits per heavy atom. The van der Waals surface area contributed by atoms with E-state index >= 15 is 0 Å². The summed E-state index contributed by atoms with van der Waals surface area (Å²) in [6, 6.07) is 7.66. The van der Waals surface area contributed by atoms with E-state index in [9.17, 15) is 29.8 Å². The van der Waals surface area contributed by atoms with Crippen LogP contribution in [-0.4, -0.2) is 36.0 Å². The molecular formula is C16H13ClN2O8S. The number of carbonyl (C=O) groups excluding carboxylic acids is 2. The summed E-state index contributed by atoms with van der Waals surface area (Å²) < 4.78 is 8.83. The summed E-state index contributed by atoms with van der Waals surface area (Å²) in [4.78, 5) is 41.9. The number of rotatable bonds is 4. The maximum atomic E-state index is 11.0. The maximum Gasteiger partial charge on any atom is 0.338 e. The van der Waals surface area contributed by atoms with Gasteiger partial charge in [-0.05, 0) is 24.3 Å². The molecule has 0 aliphatic heterocycles. The van der Waals surface area contributed by atoms with Crippen molar-refractivity contribution in [3.63, 3.8) is 0 Å². The molecule has 28 heavy (non-hydrogen) atoms. The molecule has 0 bridgehead atoms. The quantitative estimate of drug-likeness (QED) is 0.336. The molecule has 0 saturated heterocycles. The Kier molecular flexibility index (Phi) is 8.35. The number of thiol groups is 1. The molecule has 2 aromatic rings. The Bertz CT molecular complexity index is 859. The lowest BCUT2D eigenvalue weighted by Crippen LogP contribution is -2.02. The van der Waals surface area contributed by atoms with Gasteiger partial charge in [0.2, 0.25) is 0 Å². The van der Waals surface area contributed by atoms with Crippen LogP contribution in [0.2, 0.25) is 5.02 Å². The number of hydrogen-bond donors (Lipinski definition) is 1. The molecule has 0 N–H and O–H groups in total. The first-order valence-corrected chi connectivity index (χ1v) is 8.02. The number of nitro groups is 2. The minimum Gasteiger partial charge on any atom is -0.465 e. The monoisotopic (exact) mass is 428 g/mol. The molecule has 0 aliphatic rings. The standard InChI is InChI=1S/C8H6ClNO4.C8H7NO4S/c1-14-8(11)5-2-3-6(9)7(4-5)10(12)13;1-13-8(10)5-2-3-7(14)6(4-5)9(11)12/h2-4H,1H3;2-4,14H,1H3. The molecule has 2 rings (SSSR count). The van der Waals surface area contributed by atoms with Crippen molar-refractivity contribution in [1.82, 2.24) is 0 Å². The molecule has 0 aliphatic carbocycles. The molecule has 148 valence electrons. The van der Waals surface area contributed by atoms with E-state index in [1.54, 1.807) is 0 Å². The van der Waals surface area contributed by atoms with Crippen LogP contribution < -0.4 is 0 Å². The van der Waals surface area contributed by atoms with Crippen LogP contribution in [-0.2, 0) is 9.47 Å². The number of methoxy groups -OCH3 is 2. The van der Waals surface area contributed by atoms with E-state index < -0.39 is 21.8 Å². The Balaban J connectivity index is 0.000000280. The number of hydrogen-bond acceptors (Lipinski definition) is 9. The first-order valence-electron chi connectivity index (χ1n) is 7.20. The molecule has 10 nitrogen and oxygen atoms in total. The first kappa shape index (κ1) is 22.9. The van der Waals surface area contributed by atoms with Crippen LogP contribution in [0.1, 0.15) is 20.7 Å². The summed E-state index contributed by atoms with van der Waals surface area (Å²) in [5.74, 6) is -1.24. The van der Waals surface area contributed by atoms with Crippen molar-refractivity contribution in [3.8, 4) is 0 Å². The largest absolute Gasteiger partial charge is 0.465 e. The molecule has 0 aromatic heterocycles. The van der Waals surface area contributed by atoms with Gasteiger partial charge in [0, 0.05) is 12.1 Å². The second-order valence-corrected chi connectivity index (χ2v) is 5.76. The summed E-state index contributed by atoms with van der Waals surface area (Å²) in [5.41, 5.74) is -0.286. The average molecular weight is 429 g/mol. The minimum absolute atomic E-state index is 0.0114. The summed E-state index contributed by atoms with van der Waals surface area (Å²) in [6.45, 7) is 0. The highest BCUT2D eigenvalue weighted by Gasteiger charge is 2.16. The highest BCUT2D eigenvalue weighted by atomic mass is 35.5. The fraction of sp³-hybridized carbons (Fsp3) is 0.125. The molecule has 0 unspecified atom stereocenters. The van der Waals surface area contributed by atoms with Gasteiger partial charge in [-0.2, -0.15) is 0 Å². The number of halogens is 1. The molecule has 0 saturated carbocycles. The first-order chi connectivity index (χ1) is 13.1. The van der Waals surface area contributed by atoms with Crippen LogP contribution in [0.3, 0.4) is 0 Å². The average Bonchev–Trinajstić information content (AvgIpc) is 2.67. The number of carbonyl (C=O) groups is 2. The van der Waals surface area contributed by atoms with E-state index in [0.717, 1.165) is 12.1 Å². The molecule has 0 fully saturated rings. The lowest BCUT2D eigenvalue weighted by atomic mass is 10.2. The van der Waals surface area contributed by atoms with E-state index in [1.165, 1.54) is 38.5 Å². The van der Waals surface area contributed by atoms with Crippen LogP contribution in [0, 0.1) is 20.2 Å². The van der Waals surface area contributed by atoms with Crippen LogP contribution in [0.25, 0.3) is 0 Å². The van der Waals surface area contributed by atoms with E-state index in [4.69, 9.17) is 11.6 Å². The highest BCUT2D eigenvalue weighted by Crippen LogP contribution is 2.25. The van der Waals surface area contributed by atoms with Gasteiger partial charge in [-0.15, -0.1) is 12.6 Å². The zero-order chi connectivity index (χ0) is 21.4. The van der Waals surface area contributed by atoms with Crippen LogP contribution in [0.5, 0.6) is 0 Å². The van der Waals surface area contributed by atoms with Crippen LogP contribution in [0.15, 0.2) is 41.3 Å². The predicted octanol–water partition coefficient (Wildman–Crippen LogP) is 3.70. The Hall–Kier alpha value is -3.18. The van der Waals surface area contributed by atoms with E-state index in [2.05, 4.69) is 22.1 Å². The Morgan fingerprint density at radius 2 is 1.32 bits per heavy atom. The second-order valence-electron chi connectivity index (χ2n) is 4.87. The molecule has 0 amide bonds. The zero-order valence-corrected chi connectivity index (χ0v) is 16.1. The topological polar surface area (TPSA) is 139 Å². The molecule has 0 spiro atoms. The number of benzene rings is 2. The third kappa shape index (κ3) is 5.93. The van der Waals surface area contributed by atoms with Crippen LogP contribution in [0.4, 0.5) is 11.4 Å². The smallest absolute Gasteiger partial charge is 0.338 e. The lowest BCUT2D eigenvalue weighted by molar-refractivity contribution is -0.387. The van der Waals surface area contributed by atoms with E-state index in [-0.39, 0.29) is 32.4 Å². The summed E-state index contributed by atoms with van der Waals surface area (Å²) in [6.07, 6.45) is 0. The van der Waals surface area contributed by atoms with Gasteiger partial charge in [0.15, 0.2) is 0 Å². The summed E-state index contributed by atoms with van der Waals surface area (Å²) in [5, 5.41) is 20.9. The van der Waals surface area contributed by atoms with Crippen molar-refractivity contribution in [3.05, 3.63) is 72.8 Å². The maximum absolute atomic E-state index is 11.0. The van der Waals surface area contributed by atoms with Crippen molar-refractivity contribution >= 4 is 47.5 Å². The predicted molar refractivity (Wildman–Crippen MR) is 101 cm³/mol. The second kappa shape index (κ2) is 10.2. The zero-order valence-electron chi connectivity index (χ0n) is 14.4. The Morgan fingerprint density at radius 1 is 0.893 bits per heavy atom. The molecule has 0 atom stereocenters. The number of nitro benzene ring substituents is 2. The summed E-state index contributed by atoms with van der Waals surface area (Å²) >= 11 is 9.43. The van der Waals surface area contributed by atoms with Crippen molar-refractivity contribution in [2.24, 2.45) is 0 Å². The van der Waals surface area contributed by atoms with Gasteiger partial charge in [0.05, 0.1) is 40.1 Å². The van der Waals surface area contributed by atoms with Gasteiger partial charge >= 0.3 is 11.9 Å². The SMILES string of the molecule is COC(=O)c1ccc(Cl)c([N+](=O)[O-])c1.COC(=O)c1ccc(S)c([N+](=O)[O-])c1. The van der Waals surface area contributed by atoms with Crippen molar-refractivity contribution in [2.75, 3.05) is 14.2 Å². The molecule has 0 radical (unpaired) electrons. The molecule has 12 heteroatoms. The van der Waals surface area contributed by atoms with Gasteiger partial charge in [-0.25, -0.2) is 9.59 Å². The van der Waals surface area contributed by atoms with Gasteiger partial charge in [-0.3, -0.25) is 20.2 Å².